The molecular formula is C8H7BrFNO2. The maximum atomic E-state index is 12.6. The van der Waals surface area contributed by atoms with E-state index in [1.807, 2.05) is 0 Å². The van der Waals surface area contributed by atoms with Crippen molar-refractivity contribution in [1.82, 2.24) is 5.48 Å². The molecular weight excluding hydrogens is 241 g/mol. The number of hydrogen-bond acceptors (Lipinski definition) is 3. The summed E-state index contributed by atoms with van der Waals surface area (Å²) in [6, 6.07) is 3.74. The Morgan fingerprint density at radius 1 is 1.62 bits per heavy atom. The van der Waals surface area contributed by atoms with Crippen molar-refractivity contribution < 1.29 is 14.0 Å². The summed E-state index contributed by atoms with van der Waals surface area (Å²) in [6.45, 7) is 0. The van der Waals surface area contributed by atoms with Crippen molar-refractivity contribution in [2.75, 3.05) is 7.05 Å². The van der Waals surface area contributed by atoms with Crippen molar-refractivity contribution in [3.8, 4) is 0 Å². The Bertz CT molecular complexity index is 330. The van der Waals surface area contributed by atoms with Crippen molar-refractivity contribution in [1.29, 1.82) is 0 Å². The average Bonchev–Trinajstić information content (AvgIpc) is 2.04. The molecule has 0 aliphatic carbocycles. The van der Waals surface area contributed by atoms with Crippen molar-refractivity contribution in [2.45, 2.75) is 0 Å². The minimum absolute atomic E-state index is 0.274. The van der Waals surface area contributed by atoms with E-state index in [-0.39, 0.29) is 5.56 Å². The highest BCUT2D eigenvalue weighted by Gasteiger charge is 2.11. The van der Waals surface area contributed by atoms with Gasteiger partial charge in [0.05, 0.1) is 5.56 Å². The van der Waals surface area contributed by atoms with Crippen LogP contribution in [0.5, 0.6) is 0 Å². The third-order valence-electron chi connectivity index (χ3n) is 1.35. The highest BCUT2D eigenvalue weighted by molar-refractivity contribution is 9.10. The van der Waals surface area contributed by atoms with Crippen LogP contribution >= 0.6 is 15.9 Å². The Labute approximate surface area is 83.0 Å². The molecule has 0 bridgehead atoms. The highest BCUT2D eigenvalue weighted by atomic mass is 79.9. The van der Waals surface area contributed by atoms with Gasteiger partial charge in [-0.1, -0.05) is 0 Å². The molecule has 3 nitrogen and oxygen atoms in total. The number of carbonyl (C=O) groups excluding carboxylic acids is 1. The van der Waals surface area contributed by atoms with E-state index in [4.69, 9.17) is 0 Å². The van der Waals surface area contributed by atoms with Gasteiger partial charge >= 0.3 is 5.97 Å². The molecule has 0 radical (unpaired) electrons. The summed E-state index contributed by atoms with van der Waals surface area (Å²) >= 11 is 3.05. The van der Waals surface area contributed by atoms with Crippen LogP contribution < -0.4 is 5.48 Å². The van der Waals surface area contributed by atoms with Gasteiger partial charge in [0.2, 0.25) is 0 Å². The highest BCUT2D eigenvalue weighted by Crippen LogP contribution is 2.18. The zero-order valence-electron chi connectivity index (χ0n) is 6.80. The van der Waals surface area contributed by atoms with Gasteiger partial charge in [-0.25, -0.2) is 9.18 Å². The number of benzene rings is 1. The van der Waals surface area contributed by atoms with E-state index in [9.17, 15) is 9.18 Å². The Kier molecular flexibility index (Phi) is 3.39. The van der Waals surface area contributed by atoms with Gasteiger partial charge < -0.3 is 4.84 Å². The van der Waals surface area contributed by atoms with Crippen LogP contribution in [0.25, 0.3) is 0 Å². The minimum Gasteiger partial charge on any atom is -0.367 e. The first-order valence-electron chi connectivity index (χ1n) is 3.48. The standard InChI is InChI=1S/C8H7BrFNO2/c1-11-13-8(12)6-3-2-5(10)4-7(6)9/h2-4,11H,1H3. The summed E-state index contributed by atoms with van der Waals surface area (Å²) < 4.78 is 13.0. The summed E-state index contributed by atoms with van der Waals surface area (Å²) in [6.07, 6.45) is 0. The molecule has 0 atom stereocenters. The lowest BCUT2D eigenvalue weighted by atomic mass is 10.2. The van der Waals surface area contributed by atoms with Gasteiger partial charge in [0.15, 0.2) is 0 Å². The Balaban J connectivity index is 2.95. The molecule has 1 aromatic carbocycles. The molecule has 0 saturated carbocycles. The molecule has 0 amide bonds. The first-order chi connectivity index (χ1) is 6.15. The van der Waals surface area contributed by atoms with Gasteiger partial charge in [0.1, 0.15) is 5.82 Å². The lowest BCUT2D eigenvalue weighted by molar-refractivity contribution is 0.0309. The van der Waals surface area contributed by atoms with Crippen LogP contribution in [0.2, 0.25) is 0 Å². The molecule has 0 aliphatic rings. The second kappa shape index (κ2) is 4.34. The zero-order chi connectivity index (χ0) is 9.84. The van der Waals surface area contributed by atoms with Crippen molar-refractivity contribution in [3.63, 3.8) is 0 Å². The van der Waals surface area contributed by atoms with Gasteiger partial charge in [0, 0.05) is 11.5 Å². The number of halogens is 2. The molecule has 5 heteroatoms. The molecule has 0 saturated heterocycles. The quantitative estimate of drug-likeness (QED) is 0.812. The van der Waals surface area contributed by atoms with Crippen LogP contribution in [0.3, 0.4) is 0 Å². The Hall–Kier alpha value is -0.940. The third kappa shape index (κ3) is 2.50. The van der Waals surface area contributed by atoms with Crippen LogP contribution in [0.1, 0.15) is 10.4 Å². The normalized spacial score (nSPS) is 9.77. The Morgan fingerprint density at radius 3 is 2.85 bits per heavy atom. The fourth-order valence-corrected chi connectivity index (χ4v) is 1.32. The number of hydrogen-bond donors (Lipinski definition) is 1. The van der Waals surface area contributed by atoms with Crippen molar-refractivity contribution in [2.24, 2.45) is 0 Å². The maximum absolute atomic E-state index is 12.6. The first kappa shape index (κ1) is 10.1. The molecule has 0 unspecified atom stereocenters. The lowest BCUT2D eigenvalue weighted by Crippen LogP contribution is -2.15. The van der Waals surface area contributed by atoms with Gasteiger partial charge in [-0.2, -0.15) is 5.48 Å². The van der Waals surface area contributed by atoms with Crippen LogP contribution in [0, 0.1) is 5.82 Å². The van der Waals surface area contributed by atoms with Gasteiger partial charge in [0.25, 0.3) is 0 Å². The number of carbonyl (C=O) groups is 1. The third-order valence-corrected chi connectivity index (χ3v) is 2.00. The predicted octanol–water partition coefficient (Wildman–Crippen LogP) is 1.88. The van der Waals surface area contributed by atoms with E-state index < -0.39 is 11.8 Å². The molecule has 0 fully saturated rings. The molecule has 0 aromatic heterocycles. The first-order valence-corrected chi connectivity index (χ1v) is 4.27. The number of hydroxylamine groups is 1. The van der Waals surface area contributed by atoms with Crippen LogP contribution in [-0.2, 0) is 4.84 Å². The van der Waals surface area contributed by atoms with Gasteiger partial charge in [-0.05, 0) is 34.1 Å². The topological polar surface area (TPSA) is 38.3 Å². The molecule has 0 spiro atoms. The summed E-state index contributed by atoms with van der Waals surface area (Å²) in [4.78, 5) is 15.6. The van der Waals surface area contributed by atoms with E-state index in [1.165, 1.54) is 25.2 Å². The predicted molar refractivity (Wildman–Crippen MR) is 48.6 cm³/mol. The fraction of sp³-hybridized carbons (Fsp3) is 0.125. The van der Waals surface area contributed by atoms with Crippen LogP contribution in [-0.4, -0.2) is 13.0 Å². The van der Waals surface area contributed by atoms with Crippen molar-refractivity contribution >= 4 is 21.9 Å². The summed E-state index contributed by atoms with van der Waals surface area (Å²) in [7, 11) is 1.47. The largest absolute Gasteiger partial charge is 0.367 e. The smallest absolute Gasteiger partial charge is 0.357 e. The molecule has 70 valence electrons. The number of nitrogens with one attached hydrogen (secondary N) is 1. The summed E-state index contributed by atoms with van der Waals surface area (Å²) in [5.74, 6) is -0.970. The van der Waals surface area contributed by atoms with Crippen LogP contribution in [0.15, 0.2) is 22.7 Å². The van der Waals surface area contributed by atoms with E-state index in [0.717, 1.165) is 0 Å². The summed E-state index contributed by atoms with van der Waals surface area (Å²) in [5.41, 5.74) is 2.52. The lowest BCUT2D eigenvalue weighted by Gasteiger charge is -2.03. The second-order valence-corrected chi connectivity index (χ2v) is 3.07. The minimum atomic E-state index is -0.561. The zero-order valence-corrected chi connectivity index (χ0v) is 8.39. The maximum Gasteiger partial charge on any atom is 0.357 e. The molecule has 1 rings (SSSR count). The van der Waals surface area contributed by atoms with E-state index in [0.29, 0.717) is 4.47 Å². The molecule has 1 N–H and O–H groups in total. The SMILES string of the molecule is CNOC(=O)c1ccc(F)cc1Br. The molecule has 0 aliphatic heterocycles. The molecule has 0 heterocycles. The van der Waals surface area contributed by atoms with E-state index in [2.05, 4.69) is 26.2 Å². The monoisotopic (exact) mass is 247 g/mol. The van der Waals surface area contributed by atoms with E-state index >= 15 is 0 Å². The summed E-state index contributed by atoms with van der Waals surface area (Å²) in [5, 5.41) is 0. The number of rotatable bonds is 2. The average molecular weight is 248 g/mol. The second-order valence-electron chi connectivity index (χ2n) is 2.22. The van der Waals surface area contributed by atoms with Crippen molar-refractivity contribution in [3.05, 3.63) is 34.1 Å². The molecule has 1 aromatic rings. The fourth-order valence-electron chi connectivity index (χ4n) is 0.803. The van der Waals surface area contributed by atoms with E-state index in [1.54, 1.807) is 0 Å². The van der Waals surface area contributed by atoms with Gasteiger partial charge in [-0.3, -0.25) is 0 Å². The van der Waals surface area contributed by atoms with Crippen LogP contribution in [0.4, 0.5) is 4.39 Å². The molecule has 13 heavy (non-hydrogen) atoms. The van der Waals surface area contributed by atoms with Gasteiger partial charge in [-0.15, -0.1) is 0 Å². The Morgan fingerprint density at radius 2 is 2.31 bits per heavy atom.